The molecule has 6 aromatic carbocycles. The summed E-state index contributed by atoms with van der Waals surface area (Å²) in [5, 5.41) is 12.7. The van der Waals surface area contributed by atoms with Crippen molar-refractivity contribution in [1.29, 1.82) is 0 Å². The van der Waals surface area contributed by atoms with Crippen molar-refractivity contribution in [2.45, 2.75) is 6.54 Å². The van der Waals surface area contributed by atoms with Gasteiger partial charge in [-0.1, -0.05) is 30.3 Å². The highest BCUT2D eigenvalue weighted by molar-refractivity contribution is 7.20. The zero-order chi connectivity index (χ0) is 48.3. The summed E-state index contributed by atoms with van der Waals surface area (Å²) in [6.45, 7) is 0.749. The van der Waals surface area contributed by atoms with Crippen molar-refractivity contribution in [1.82, 2.24) is 0 Å². The Balaban J connectivity index is 0.000000289. The maximum absolute atomic E-state index is 15.4. The maximum Gasteiger partial charge on any atom is 0.270 e. The minimum atomic E-state index is -7.22. The minimum Gasteiger partial charge on any atom is -0.258 e. The summed E-state index contributed by atoms with van der Waals surface area (Å²) in [5.74, 6) is -71.4. The van der Waals surface area contributed by atoms with Crippen molar-refractivity contribution < 1.29 is 97.3 Å². The number of benzene rings is 6. The Morgan fingerprint density at radius 1 is 0.400 bits per heavy atom. The summed E-state index contributed by atoms with van der Waals surface area (Å²) >= 11 is 0. The van der Waals surface area contributed by atoms with Gasteiger partial charge in [0.2, 0.25) is 0 Å². The Morgan fingerprint density at radius 3 is 1.02 bits per heavy atom. The molecule has 0 aliphatic rings. The van der Waals surface area contributed by atoms with Gasteiger partial charge >= 0.3 is 0 Å². The van der Waals surface area contributed by atoms with E-state index in [0.717, 1.165) is 17.3 Å². The van der Waals surface area contributed by atoms with Crippen LogP contribution in [0.5, 0.6) is 0 Å². The van der Waals surface area contributed by atoms with E-state index in [4.69, 9.17) is 0 Å². The third-order valence-electron chi connectivity index (χ3n) is 9.95. The van der Waals surface area contributed by atoms with E-state index in [1.807, 2.05) is 41.2 Å². The fourth-order valence-corrected chi connectivity index (χ4v) is 7.10. The van der Waals surface area contributed by atoms with E-state index in [9.17, 15) is 62.8 Å². The number of nitro benzene ring substituents is 1. The molecule has 0 atom stereocenters. The Labute approximate surface area is 347 Å². The first-order valence-electron chi connectivity index (χ1n) is 17.3. The van der Waals surface area contributed by atoms with Crippen molar-refractivity contribution in [3.63, 3.8) is 0 Å². The normalized spacial score (nSPS) is 11.6. The highest BCUT2D eigenvalue weighted by atomic mass is 19.2. The number of hydrogen-bond acceptors (Lipinski definition) is 2. The summed E-state index contributed by atoms with van der Waals surface area (Å²) in [6, 6.07) is 17.0. The SMILES string of the molecule is Fc1c(F)c(F)c([B-](c2c(F)c(F)c(F)c(F)c2F)(c2c(F)c(F)c(F)c(F)c2F)c2c(F)c(F)c(F)c(F)c2F)c(F)c1F.O=[N+]([O-])c1ccc2cc[n+](Cc3ccccc3)cc2c1. The van der Waals surface area contributed by atoms with Crippen LogP contribution >= 0.6 is 0 Å². The monoisotopic (exact) mass is 944 g/mol. The lowest BCUT2D eigenvalue weighted by atomic mass is 9.12. The molecule has 25 heteroatoms. The van der Waals surface area contributed by atoms with Crippen LogP contribution in [0, 0.1) is 126 Å². The summed E-state index contributed by atoms with van der Waals surface area (Å²) in [6.07, 6.45) is -3.29. The molecule has 0 spiro atoms. The van der Waals surface area contributed by atoms with Crippen molar-refractivity contribution >= 4 is 44.5 Å². The predicted molar refractivity (Wildman–Crippen MR) is 186 cm³/mol. The van der Waals surface area contributed by atoms with Crippen LogP contribution in [0.15, 0.2) is 67.0 Å². The Morgan fingerprint density at radius 2 is 0.708 bits per heavy atom. The number of rotatable bonds is 7. The fourth-order valence-electron chi connectivity index (χ4n) is 7.10. The molecule has 0 saturated heterocycles. The number of halogens is 20. The molecule has 7 aromatic rings. The number of non-ortho nitro benzene ring substituents is 1. The topological polar surface area (TPSA) is 47.0 Å². The molecule has 0 aliphatic carbocycles. The molecule has 0 bridgehead atoms. The summed E-state index contributed by atoms with van der Waals surface area (Å²) in [4.78, 5) is 10.5. The third kappa shape index (κ3) is 7.50. The number of fused-ring (bicyclic) bond motifs is 1. The quantitative estimate of drug-likeness (QED) is 0.0305. The van der Waals surface area contributed by atoms with E-state index in [2.05, 4.69) is 12.1 Å². The molecular weight excluding hydrogens is 931 g/mol. The number of hydrogen-bond donors (Lipinski definition) is 0. The van der Waals surface area contributed by atoms with E-state index in [1.165, 1.54) is 11.6 Å². The highest BCUT2D eigenvalue weighted by Crippen LogP contribution is 2.31. The minimum absolute atomic E-state index is 0.120. The molecule has 0 amide bonds. The second-order valence-electron chi connectivity index (χ2n) is 13.5. The van der Waals surface area contributed by atoms with Gasteiger partial charge in [-0.2, -0.15) is 0 Å². The van der Waals surface area contributed by atoms with Gasteiger partial charge in [-0.25, -0.2) is 92.4 Å². The smallest absolute Gasteiger partial charge is 0.258 e. The Bertz CT molecular complexity index is 2740. The van der Waals surface area contributed by atoms with Crippen molar-refractivity contribution in [3.05, 3.63) is 199 Å². The number of nitrogens with zero attached hydrogens (tertiary/aromatic N) is 2. The van der Waals surface area contributed by atoms with Gasteiger partial charge in [0, 0.05) is 23.8 Å². The highest BCUT2D eigenvalue weighted by Gasteiger charge is 2.52. The van der Waals surface area contributed by atoms with Gasteiger partial charge < -0.3 is 0 Å². The molecule has 7 rings (SSSR count). The average molecular weight is 944 g/mol. The maximum atomic E-state index is 15.4. The Kier molecular flexibility index (Phi) is 12.7. The standard InChI is InChI=1S/C24BF20.C16H13N2O2/c26-5-1(6(27)14(35)21(42)13(5)34)25(2-7(28)15(36)22(43)16(37)8(2)29,3-9(30)17(38)23(44)18(39)10(3)31)4-11(32)19(40)24(45)20(41)12(4)33;19-18(20)16-7-6-14-8-9-17(12-15(14)10-16)11-13-4-2-1-3-5-13/h;1-10,12H,11H2/q-1;+1. The van der Waals surface area contributed by atoms with Crippen molar-refractivity contribution in [3.8, 4) is 0 Å². The molecule has 0 N–H and O–H groups in total. The van der Waals surface area contributed by atoms with Gasteiger partial charge in [-0.15, -0.1) is 21.9 Å². The van der Waals surface area contributed by atoms with Crippen LogP contribution in [0.2, 0.25) is 0 Å². The lowest BCUT2D eigenvalue weighted by Crippen LogP contribution is -2.81. The second-order valence-corrected chi connectivity index (χ2v) is 13.5. The summed E-state index contributed by atoms with van der Waals surface area (Å²) in [5.41, 5.74) is -13.0. The van der Waals surface area contributed by atoms with Crippen LogP contribution in [0.4, 0.5) is 93.5 Å². The van der Waals surface area contributed by atoms with Crippen molar-refractivity contribution in [2.24, 2.45) is 0 Å². The molecule has 0 radical (unpaired) electrons. The van der Waals surface area contributed by atoms with E-state index in [0.29, 0.717) is 0 Å². The lowest BCUT2D eigenvalue weighted by molar-refractivity contribution is -0.687. The van der Waals surface area contributed by atoms with Crippen LogP contribution in [0.1, 0.15) is 5.56 Å². The molecule has 1 heterocycles. The fraction of sp³-hybridized carbons (Fsp3) is 0.0250. The van der Waals surface area contributed by atoms with Gasteiger partial charge in [-0.3, -0.25) is 10.1 Å². The molecule has 338 valence electrons. The van der Waals surface area contributed by atoms with Gasteiger partial charge in [0.25, 0.3) is 5.69 Å². The van der Waals surface area contributed by atoms with E-state index >= 15 is 35.1 Å². The van der Waals surface area contributed by atoms with Crippen molar-refractivity contribution in [2.75, 3.05) is 0 Å². The van der Waals surface area contributed by atoms with E-state index in [-0.39, 0.29) is 10.6 Å². The molecule has 4 nitrogen and oxygen atoms in total. The van der Waals surface area contributed by atoms with Gasteiger partial charge in [-0.05, 0) is 11.5 Å². The van der Waals surface area contributed by atoms with Crippen LogP contribution in [-0.4, -0.2) is 11.1 Å². The van der Waals surface area contributed by atoms with Gasteiger partial charge in [0.1, 0.15) is 52.7 Å². The zero-order valence-electron chi connectivity index (χ0n) is 30.9. The molecule has 65 heavy (non-hydrogen) atoms. The Hall–Kier alpha value is -7.21. The molecule has 0 saturated carbocycles. The zero-order valence-corrected chi connectivity index (χ0v) is 30.9. The van der Waals surface area contributed by atoms with Crippen LogP contribution in [-0.2, 0) is 6.54 Å². The van der Waals surface area contributed by atoms with Gasteiger partial charge in [0.15, 0.2) is 88.7 Å². The molecule has 0 fully saturated rings. The summed E-state index contributed by atoms with van der Waals surface area (Å²) < 4.78 is 296. The number of pyridine rings is 1. The first-order chi connectivity index (χ1) is 30.4. The largest absolute Gasteiger partial charge is 0.270 e. The van der Waals surface area contributed by atoms with Crippen LogP contribution < -0.4 is 26.4 Å². The number of nitro groups is 1. The average Bonchev–Trinajstić information content (AvgIpc) is 3.29. The first-order valence-corrected chi connectivity index (χ1v) is 17.3. The molecule has 1 aromatic heterocycles. The molecular formula is C40H13BF20N2O2. The molecule has 0 unspecified atom stereocenters. The van der Waals surface area contributed by atoms with E-state index < -0.39 is 144 Å². The molecule has 0 aliphatic heterocycles. The second kappa shape index (κ2) is 17.4. The van der Waals surface area contributed by atoms with Crippen LogP contribution in [0.3, 0.4) is 0 Å². The van der Waals surface area contributed by atoms with E-state index in [1.54, 1.807) is 12.1 Å². The summed E-state index contributed by atoms with van der Waals surface area (Å²) in [7, 11) is 0. The predicted octanol–water partition coefficient (Wildman–Crippen LogP) is 8.93. The lowest BCUT2D eigenvalue weighted by Gasteiger charge is -2.44. The van der Waals surface area contributed by atoms with Crippen LogP contribution in [0.25, 0.3) is 10.8 Å². The number of aromatic nitrogens is 1. The van der Waals surface area contributed by atoms with Gasteiger partial charge in [0.05, 0.1) is 10.3 Å². The third-order valence-corrected chi connectivity index (χ3v) is 9.95. The first kappa shape index (κ1) is 47.3.